The lowest BCUT2D eigenvalue weighted by Crippen LogP contribution is -2.37. The standard InChI is InChI=1S/C31H42N2O2/c1-5-26(19-23-9-7-6-8-10-23)28-20-29(28)32-21-24-15-17-33(18-16-24)22-25-11-13-27(14-12-25)30(34)35-31(2,3)4/h6-14,19,24,28-29,32H,5,15-18,20-22H2,1-4H3/b26-19+. The monoisotopic (exact) mass is 474 g/mol. The van der Waals surface area contributed by atoms with E-state index in [1.165, 1.54) is 30.4 Å². The van der Waals surface area contributed by atoms with Gasteiger partial charge in [0.05, 0.1) is 5.56 Å². The molecule has 2 fully saturated rings. The van der Waals surface area contributed by atoms with Gasteiger partial charge in [0, 0.05) is 12.6 Å². The SMILES string of the molecule is CC/C(=C\c1ccccc1)C1CC1NCC1CCN(Cc2ccc(C(=O)OC(C)(C)C)cc2)CC1. The fourth-order valence-electron chi connectivity index (χ4n) is 5.07. The Kier molecular flexibility index (Phi) is 8.46. The average molecular weight is 475 g/mol. The maximum atomic E-state index is 12.2. The lowest BCUT2D eigenvalue weighted by molar-refractivity contribution is 0.00695. The lowest BCUT2D eigenvalue weighted by atomic mass is 9.96. The van der Waals surface area contributed by atoms with Gasteiger partial charge in [-0.15, -0.1) is 0 Å². The first-order valence-electron chi connectivity index (χ1n) is 13.3. The van der Waals surface area contributed by atoms with E-state index in [9.17, 15) is 4.79 Å². The van der Waals surface area contributed by atoms with Gasteiger partial charge in [-0.25, -0.2) is 4.79 Å². The van der Waals surface area contributed by atoms with E-state index in [-0.39, 0.29) is 5.97 Å². The number of hydrogen-bond acceptors (Lipinski definition) is 4. The van der Waals surface area contributed by atoms with Crippen LogP contribution < -0.4 is 5.32 Å². The van der Waals surface area contributed by atoms with Crippen LogP contribution in [0.5, 0.6) is 0 Å². The number of nitrogens with zero attached hydrogens (tertiary/aromatic N) is 1. The van der Waals surface area contributed by atoms with E-state index in [1.807, 2.05) is 32.9 Å². The summed E-state index contributed by atoms with van der Waals surface area (Å²) in [7, 11) is 0. The van der Waals surface area contributed by atoms with E-state index in [0.717, 1.165) is 38.5 Å². The van der Waals surface area contributed by atoms with Crippen LogP contribution in [-0.2, 0) is 11.3 Å². The van der Waals surface area contributed by atoms with Gasteiger partial charge in [0.2, 0.25) is 0 Å². The molecular formula is C31H42N2O2. The zero-order valence-electron chi connectivity index (χ0n) is 21.9. The number of hydrogen-bond donors (Lipinski definition) is 1. The molecule has 2 atom stereocenters. The topological polar surface area (TPSA) is 41.6 Å². The molecule has 2 aliphatic rings. The maximum absolute atomic E-state index is 12.2. The van der Waals surface area contributed by atoms with Crippen LogP contribution in [0, 0.1) is 11.8 Å². The highest BCUT2D eigenvalue weighted by atomic mass is 16.6. The quantitative estimate of drug-likeness (QED) is 0.432. The molecule has 4 rings (SSSR count). The van der Waals surface area contributed by atoms with E-state index in [1.54, 1.807) is 5.57 Å². The second-order valence-electron chi connectivity index (χ2n) is 11.3. The summed E-state index contributed by atoms with van der Waals surface area (Å²) in [6.45, 7) is 12.3. The van der Waals surface area contributed by atoms with Crippen LogP contribution >= 0.6 is 0 Å². The molecule has 0 radical (unpaired) electrons. The molecule has 0 aromatic heterocycles. The summed E-state index contributed by atoms with van der Waals surface area (Å²) in [5, 5.41) is 3.87. The van der Waals surface area contributed by atoms with Crippen molar-refractivity contribution in [3.8, 4) is 0 Å². The van der Waals surface area contributed by atoms with Crippen molar-refractivity contribution in [2.75, 3.05) is 19.6 Å². The Bertz CT molecular complexity index is 983. The summed E-state index contributed by atoms with van der Waals surface area (Å²) >= 11 is 0. The normalized spacial score (nSPS) is 21.7. The van der Waals surface area contributed by atoms with Gasteiger partial charge < -0.3 is 10.1 Å². The fraction of sp³-hybridized carbons (Fsp3) is 0.516. The summed E-state index contributed by atoms with van der Waals surface area (Å²) in [6, 6.07) is 19.3. The predicted molar refractivity (Wildman–Crippen MR) is 144 cm³/mol. The molecule has 0 spiro atoms. The predicted octanol–water partition coefficient (Wildman–Crippen LogP) is 6.33. The van der Waals surface area contributed by atoms with Crippen molar-refractivity contribution in [2.45, 2.75) is 71.6 Å². The van der Waals surface area contributed by atoms with Crippen molar-refractivity contribution in [1.82, 2.24) is 10.2 Å². The molecular weight excluding hydrogens is 432 g/mol. The summed E-state index contributed by atoms with van der Waals surface area (Å²) in [5.74, 6) is 1.23. The number of piperidine rings is 1. The van der Waals surface area contributed by atoms with E-state index in [0.29, 0.717) is 17.5 Å². The smallest absolute Gasteiger partial charge is 0.338 e. The molecule has 2 unspecified atom stereocenters. The van der Waals surface area contributed by atoms with Crippen LogP contribution in [0.15, 0.2) is 60.2 Å². The number of carbonyl (C=O) groups is 1. The molecule has 1 aliphatic heterocycles. The largest absolute Gasteiger partial charge is 0.456 e. The Morgan fingerprint density at radius 3 is 2.37 bits per heavy atom. The van der Waals surface area contributed by atoms with Crippen molar-refractivity contribution in [2.24, 2.45) is 11.8 Å². The second-order valence-corrected chi connectivity index (χ2v) is 11.3. The van der Waals surface area contributed by atoms with Gasteiger partial charge in [-0.2, -0.15) is 0 Å². The molecule has 1 aliphatic carbocycles. The number of ether oxygens (including phenoxy) is 1. The first-order chi connectivity index (χ1) is 16.8. The van der Waals surface area contributed by atoms with E-state index in [2.05, 4.69) is 65.7 Å². The Balaban J connectivity index is 1.17. The van der Waals surface area contributed by atoms with Crippen LogP contribution in [0.25, 0.3) is 6.08 Å². The molecule has 2 aromatic rings. The van der Waals surface area contributed by atoms with Crippen molar-refractivity contribution >= 4 is 12.0 Å². The third kappa shape index (κ3) is 7.78. The highest BCUT2D eigenvalue weighted by Gasteiger charge is 2.39. The fourth-order valence-corrected chi connectivity index (χ4v) is 5.07. The summed E-state index contributed by atoms with van der Waals surface area (Å²) < 4.78 is 5.46. The molecule has 2 aromatic carbocycles. The number of benzene rings is 2. The molecule has 0 bridgehead atoms. The number of carbonyl (C=O) groups excluding carboxylic acids is 1. The molecule has 0 amide bonds. The number of rotatable bonds is 9. The Morgan fingerprint density at radius 2 is 1.74 bits per heavy atom. The molecule has 1 saturated carbocycles. The highest BCUT2D eigenvalue weighted by molar-refractivity contribution is 5.89. The van der Waals surface area contributed by atoms with Crippen molar-refractivity contribution < 1.29 is 9.53 Å². The van der Waals surface area contributed by atoms with E-state index < -0.39 is 5.60 Å². The molecule has 4 heteroatoms. The zero-order chi connectivity index (χ0) is 24.8. The van der Waals surface area contributed by atoms with Crippen LogP contribution in [-0.4, -0.2) is 42.1 Å². The minimum Gasteiger partial charge on any atom is -0.456 e. The van der Waals surface area contributed by atoms with Crippen LogP contribution in [0.3, 0.4) is 0 Å². The first kappa shape index (κ1) is 25.7. The van der Waals surface area contributed by atoms with Crippen molar-refractivity contribution in [3.05, 3.63) is 76.9 Å². The first-order valence-corrected chi connectivity index (χ1v) is 13.3. The van der Waals surface area contributed by atoms with E-state index >= 15 is 0 Å². The maximum Gasteiger partial charge on any atom is 0.338 e. The highest BCUT2D eigenvalue weighted by Crippen LogP contribution is 2.40. The number of esters is 1. The molecule has 1 N–H and O–H groups in total. The Hall–Kier alpha value is -2.43. The molecule has 4 nitrogen and oxygen atoms in total. The van der Waals surface area contributed by atoms with Gasteiger partial charge in [-0.1, -0.05) is 61.0 Å². The second kappa shape index (κ2) is 11.5. The third-order valence-corrected chi connectivity index (χ3v) is 7.20. The van der Waals surface area contributed by atoms with Gasteiger partial charge >= 0.3 is 5.97 Å². The van der Waals surface area contributed by atoms with E-state index in [4.69, 9.17) is 4.74 Å². The third-order valence-electron chi connectivity index (χ3n) is 7.20. The van der Waals surface area contributed by atoms with Gasteiger partial charge in [0.15, 0.2) is 0 Å². The number of nitrogens with one attached hydrogen (secondary N) is 1. The lowest BCUT2D eigenvalue weighted by Gasteiger charge is -2.32. The minimum absolute atomic E-state index is 0.253. The van der Waals surface area contributed by atoms with Gasteiger partial charge in [0.1, 0.15) is 5.60 Å². The molecule has 188 valence electrons. The van der Waals surface area contributed by atoms with Crippen molar-refractivity contribution in [3.63, 3.8) is 0 Å². The van der Waals surface area contributed by atoms with Gasteiger partial charge in [0.25, 0.3) is 0 Å². The Morgan fingerprint density at radius 1 is 1.06 bits per heavy atom. The summed E-state index contributed by atoms with van der Waals surface area (Å²) in [6.07, 6.45) is 7.31. The van der Waals surface area contributed by atoms with Crippen molar-refractivity contribution in [1.29, 1.82) is 0 Å². The van der Waals surface area contributed by atoms with Crippen LogP contribution in [0.4, 0.5) is 0 Å². The minimum atomic E-state index is -0.466. The number of likely N-dealkylation sites (tertiary alicyclic amines) is 1. The zero-order valence-corrected chi connectivity index (χ0v) is 21.9. The van der Waals surface area contributed by atoms with Crippen LogP contribution in [0.1, 0.15) is 74.9 Å². The average Bonchev–Trinajstić information content (AvgIpc) is 3.61. The molecule has 1 saturated heterocycles. The van der Waals surface area contributed by atoms with Gasteiger partial charge in [-0.3, -0.25) is 4.90 Å². The summed E-state index contributed by atoms with van der Waals surface area (Å²) in [5.41, 5.74) is 4.32. The van der Waals surface area contributed by atoms with Gasteiger partial charge in [-0.05, 0) is 101 Å². The molecule has 1 heterocycles. The summed E-state index contributed by atoms with van der Waals surface area (Å²) in [4.78, 5) is 14.8. The molecule has 35 heavy (non-hydrogen) atoms. The Labute approximate surface area is 211 Å². The van der Waals surface area contributed by atoms with Crippen LogP contribution in [0.2, 0.25) is 0 Å².